The van der Waals surface area contributed by atoms with Crippen LogP contribution in [0.25, 0.3) is 11.0 Å². The molecule has 0 amide bonds. The summed E-state index contributed by atoms with van der Waals surface area (Å²) in [7, 11) is 0. The SMILES string of the molecule is O=c1oc(=O)n(CC2CCC2)c2ncccc12. The average Bonchev–Trinajstić information content (AvgIpc) is 2.26. The molecule has 1 saturated carbocycles. The van der Waals surface area contributed by atoms with Gasteiger partial charge in [0.05, 0.1) is 0 Å². The van der Waals surface area contributed by atoms with Crippen LogP contribution >= 0.6 is 0 Å². The smallest absolute Gasteiger partial charge is 0.372 e. The molecule has 2 heterocycles. The summed E-state index contributed by atoms with van der Waals surface area (Å²) in [5, 5.41) is 0.367. The van der Waals surface area contributed by atoms with Crippen LogP contribution in [0.4, 0.5) is 0 Å². The Morgan fingerprint density at radius 3 is 2.94 bits per heavy atom. The predicted octanol–water partition coefficient (Wildman–Crippen LogP) is 1.15. The average molecular weight is 232 g/mol. The molecule has 1 fully saturated rings. The highest BCUT2D eigenvalue weighted by Gasteiger charge is 2.20. The molecule has 0 N–H and O–H groups in total. The zero-order valence-electron chi connectivity index (χ0n) is 9.26. The number of hydrogen-bond donors (Lipinski definition) is 0. The number of aromatic nitrogens is 2. The van der Waals surface area contributed by atoms with Crippen molar-refractivity contribution < 1.29 is 4.42 Å². The van der Waals surface area contributed by atoms with Crippen molar-refractivity contribution in [3.63, 3.8) is 0 Å². The summed E-state index contributed by atoms with van der Waals surface area (Å²) < 4.78 is 6.18. The van der Waals surface area contributed by atoms with Crippen LogP contribution in [0.3, 0.4) is 0 Å². The van der Waals surface area contributed by atoms with E-state index in [1.54, 1.807) is 18.3 Å². The maximum atomic E-state index is 11.7. The highest BCUT2D eigenvalue weighted by molar-refractivity contribution is 5.72. The van der Waals surface area contributed by atoms with Crippen LogP contribution in [0.15, 0.2) is 32.3 Å². The van der Waals surface area contributed by atoms with E-state index < -0.39 is 11.4 Å². The first-order valence-electron chi connectivity index (χ1n) is 5.74. The Kier molecular flexibility index (Phi) is 2.31. The van der Waals surface area contributed by atoms with E-state index in [9.17, 15) is 9.59 Å². The fourth-order valence-electron chi connectivity index (χ4n) is 2.14. The van der Waals surface area contributed by atoms with Gasteiger partial charge in [-0.3, -0.25) is 4.57 Å². The maximum absolute atomic E-state index is 11.7. The topological polar surface area (TPSA) is 65.1 Å². The van der Waals surface area contributed by atoms with E-state index in [-0.39, 0.29) is 0 Å². The second-order valence-electron chi connectivity index (χ2n) is 4.44. The maximum Gasteiger partial charge on any atom is 0.423 e. The lowest BCUT2D eigenvalue weighted by molar-refractivity contribution is 0.262. The monoisotopic (exact) mass is 232 g/mol. The van der Waals surface area contributed by atoms with Crippen molar-refractivity contribution in [2.75, 3.05) is 0 Å². The Hall–Kier alpha value is -1.91. The molecule has 5 nitrogen and oxygen atoms in total. The molecular formula is C12H12N2O3. The Labute approximate surface area is 96.7 Å². The zero-order valence-corrected chi connectivity index (χ0v) is 9.26. The van der Waals surface area contributed by atoms with Crippen LogP contribution < -0.4 is 11.4 Å². The van der Waals surface area contributed by atoms with Gasteiger partial charge in [0, 0.05) is 12.7 Å². The van der Waals surface area contributed by atoms with Crippen molar-refractivity contribution in [2.45, 2.75) is 25.8 Å². The predicted molar refractivity (Wildman–Crippen MR) is 61.9 cm³/mol. The molecule has 3 rings (SSSR count). The van der Waals surface area contributed by atoms with Crippen LogP contribution in [0, 0.1) is 5.92 Å². The fourth-order valence-corrected chi connectivity index (χ4v) is 2.14. The van der Waals surface area contributed by atoms with Crippen molar-refractivity contribution in [1.82, 2.24) is 9.55 Å². The van der Waals surface area contributed by atoms with Gasteiger partial charge in [0.2, 0.25) is 0 Å². The molecular weight excluding hydrogens is 220 g/mol. The van der Waals surface area contributed by atoms with Crippen molar-refractivity contribution in [2.24, 2.45) is 5.92 Å². The Balaban J connectivity index is 2.21. The van der Waals surface area contributed by atoms with Crippen LogP contribution in [0.1, 0.15) is 19.3 Å². The van der Waals surface area contributed by atoms with E-state index in [0.29, 0.717) is 23.5 Å². The Morgan fingerprint density at radius 2 is 2.24 bits per heavy atom. The van der Waals surface area contributed by atoms with Gasteiger partial charge < -0.3 is 4.42 Å². The van der Waals surface area contributed by atoms with E-state index in [1.807, 2.05) is 0 Å². The first kappa shape index (κ1) is 10.3. The van der Waals surface area contributed by atoms with Gasteiger partial charge in [-0.25, -0.2) is 14.6 Å². The van der Waals surface area contributed by atoms with Crippen molar-refractivity contribution in [3.05, 3.63) is 39.3 Å². The Bertz CT molecular complexity index is 667. The van der Waals surface area contributed by atoms with Crippen LogP contribution in [0.5, 0.6) is 0 Å². The van der Waals surface area contributed by atoms with Crippen LogP contribution in [-0.2, 0) is 6.54 Å². The van der Waals surface area contributed by atoms with Gasteiger partial charge >= 0.3 is 11.4 Å². The highest BCUT2D eigenvalue weighted by atomic mass is 16.4. The van der Waals surface area contributed by atoms with Crippen molar-refractivity contribution >= 4 is 11.0 Å². The molecule has 0 atom stereocenters. The third-order valence-electron chi connectivity index (χ3n) is 3.33. The molecule has 1 aliphatic carbocycles. The molecule has 1 aliphatic rings. The van der Waals surface area contributed by atoms with Gasteiger partial charge in [0.25, 0.3) is 0 Å². The minimum absolute atomic E-state index is 0.367. The van der Waals surface area contributed by atoms with Gasteiger partial charge in [-0.2, -0.15) is 0 Å². The highest BCUT2D eigenvalue weighted by Crippen LogP contribution is 2.27. The molecule has 0 aliphatic heterocycles. The van der Waals surface area contributed by atoms with Gasteiger partial charge in [-0.1, -0.05) is 6.42 Å². The molecule has 0 spiro atoms. The normalized spacial score (nSPS) is 16.0. The zero-order chi connectivity index (χ0) is 11.8. The third kappa shape index (κ3) is 1.67. The largest absolute Gasteiger partial charge is 0.423 e. The van der Waals surface area contributed by atoms with E-state index in [1.165, 1.54) is 11.0 Å². The van der Waals surface area contributed by atoms with E-state index in [4.69, 9.17) is 4.42 Å². The lowest BCUT2D eigenvalue weighted by atomic mass is 9.85. The van der Waals surface area contributed by atoms with Crippen molar-refractivity contribution in [3.8, 4) is 0 Å². The number of rotatable bonds is 2. The molecule has 0 bridgehead atoms. The van der Waals surface area contributed by atoms with Crippen molar-refractivity contribution in [1.29, 1.82) is 0 Å². The molecule has 2 aromatic heterocycles. The van der Waals surface area contributed by atoms with Gasteiger partial charge in [-0.15, -0.1) is 0 Å². The Morgan fingerprint density at radius 1 is 1.41 bits per heavy atom. The minimum Gasteiger partial charge on any atom is -0.372 e. The molecule has 5 heteroatoms. The summed E-state index contributed by atoms with van der Waals surface area (Å²) in [5.41, 5.74) is -0.177. The first-order chi connectivity index (χ1) is 8.25. The fraction of sp³-hybridized carbons (Fsp3) is 0.417. The lowest BCUT2D eigenvalue weighted by Gasteiger charge is -2.25. The number of hydrogen-bond acceptors (Lipinski definition) is 4. The van der Waals surface area contributed by atoms with E-state index >= 15 is 0 Å². The van der Waals surface area contributed by atoms with Crippen LogP contribution in [0.2, 0.25) is 0 Å². The van der Waals surface area contributed by atoms with Gasteiger partial charge in [-0.05, 0) is 30.9 Å². The summed E-state index contributed by atoms with van der Waals surface area (Å²) in [6.07, 6.45) is 5.04. The second-order valence-corrected chi connectivity index (χ2v) is 4.44. The number of nitrogens with zero attached hydrogens (tertiary/aromatic N) is 2. The molecule has 88 valence electrons. The molecule has 17 heavy (non-hydrogen) atoms. The van der Waals surface area contributed by atoms with Gasteiger partial charge in [0.15, 0.2) is 5.65 Å². The first-order valence-corrected chi connectivity index (χ1v) is 5.74. The third-order valence-corrected chi connectivity index (χ3v) is 3.33. The number of pyridine rings is 1. The standard InChI is InChI=1S/C12H12N2O3/c15-11-9-5-2-6-13-10(9)14(12(16)17-11)7-8-3-1-4-8/h2,5-6,8H,1,3-4,7H2. The van der Waals surface area contributed by atoms with Crippen LogP contribution in [-0.4, -0.2) is 9.55 Å². The summed E-state index contributed by atoms with van der Waals surface area (Å²) in [6.45, 7) is 0.593. The second kappa shape index (κ2) is 3.84. The van der Waals surface area contributed by atoms with Gasteiger partial charge in [0.1, 0.15) is 5.39 Å². The summed E-state index contributed by atoms with van der Waals surface area (Å²) in [6, 6.07) is 3.29. The molecule has 0 aromatic carbocycles. The summed E-state index contributed by atoms with van der Waals surface area (Å²) >= 11 is 0. The molecule has 2 aromatic rings. The molecule has 0 saturated heterocycles. The molecule has 0 radical (unpaired) electrons. The minimum atomic E-state index is -0.608. The summed E-state index contributed by atoms with van der Waals surface area (Å²) in [5.74, 6) is -0.0984. The number of fused-ring (bicyclic) bond motifs is 1. The lowest BCUT2D eigenvalue weighted by Crippen LogP contribution is -2.30. The molecule has 0 unspecified atom stereocenters. The quantitative estimate of drug-likeness (QED) is 0.779. The van der Waals surface area contributed by atoms with E-state index in [2.05, 4.69) is 4.98 Å². The van der Waals surface area contributed by atoms with E-state index in [0.717, 1.165) is 12.8 Å². The summed E-state index contributed by atoms with van der Waals surface area (Å²) in [4.78, 5) is 27.3.